The Bertz CT molecular complexity index is 575. The van der Waals surface area contributed by atoms with Crippen LogP contribution in [-0.2, 0) is 6.54 Å². The van der Waals surface area contributed by atoms with Crippen LogP contribution in [0.1, 0.15) is 39.7 Å². The lowest BCUT2D eigenvalue weighted by atomic mass is 10.0. The van der Waals surface area contributed by atoms with Crippen molar-refractivity contribution in [3.63, 3.8) is 0 Å². The predicted molar refractivity (Wildman–Crippen MR) is 90.9 cm³/mol. The molecule has 2 heteroatoms. The summed E-state index contributed by atoms with van der Waals surface area (Å²) < 4.78 is 6.05. The van der Waals surface area contributed by atoms with Gasteiger partial charge in [0.1, 0.15) is 5.75 Å². The predicted octanol–water partition coefficient (Wildman–Crippen LogP) is 4.76. The van der Waals surface area contributed by atoms with E-state index in [1.165, 1.54) is 16.3 Å². The van der Waals surface area contributed by atoms with Crippen LogP contribution in [0.15, 0.2) is 36.4 Å². The first-order chi connectivity index (χ1) is 10.1. The normalized spacial score (nSPS) is 11.5. The Morgan fingerprint density at radius 2 is 1.76 bits per heavy atom. The second-order valence-electron chi connectivity index (χ2n) is 6.33. The van der Waals surface area contributed by atoms with Crippen molar-refractivity contribution in [2.45, 2.75) is 46.7 Å². The van der Waals surface area contributed by atoms with E-state index < -0.39 is 0 Å². The number of hydrogen-bond donors (Lipinski definition) is 1. The third-order valence-corrected chi connectivity index (χ3v) is 3.64. The van der Waals surface area contributed by atoms with E-state index in [9.17, 15) is 0 Å². The molecule has 0 bridgehead atoms. The largest absolute Gasteiger partial charge is 0.493 e. The van der Waals surface area contributed by atoms with Crippen molar-refractivity contribution in [2.24, 2.45) is 5.92 Å². The molecule has 0 spiro atoms. The van der Waals surface area contributed by atoms with Gasteiger partial charge < -0.3 is 10.1 Å². The highest BCUT2D eigenvalue weighted by Crippen LogP contribution is 2.28. The zero-order valence-corrected chi connectivity index (χ0v) is 13.6. The SMILES string of the molecule is CC(C)CCOc1ccc2ccccc2c1CNC(C)C. The smallest absolute Gasteiger partial charge is 0.124 e. The van der Waals surface area contributed by atoms with Gasteiger partial charge in [0, 0.05) is 18.2 Å². The van der Waals surface area contributed by atoms with Crippen LogP contribution in [0, 0.1) is 5.92 Å². The summed E-state index contributed by atoms with van der Waals surface area (Å²) in [6.45, 7) is 10.4. The summed E-state index contributed by atoms with van der Waals surface area (Å²) in [6, 6.07) is 13.3. The molecular formula is C19H27NO. The molecule has 2 nitrogen and oxygen atoms in total. The molecule has 0 aromatic heterocycles. The molecule has 0 unspecified atom stereocenters. The first-order valence-corrected chi connectivity index (χ1v) is 7.94. The first kappa shape index (κ1) is 15.8. The van der Waals surface area contributed by atoms with Crippen LogP contribution in [0.25, 0.3) is 10.8 Å². The van der Waals surface area contributed by atoms with Gasteiger partial charge in [0.25, 0.3) is 0 Å². The highest BCUT2D eigenvalue weighted by atomic mass is 16.5. The van der Waals surface area contributed by atoms with Crippen molar-refractivity contribution in [1.29, 1.82) is 0 Å². The molecule has 0 heterocycles. The maximum atomic E-state index is 6.05. The molecule has 0 saturated carbocycles. The van der Waals surface area contributed by atoms with Crippen LogP contribution in [0.5, 0.6) is 5.75 Å². The minimum absolute atomic E-state index is 0.465. The third kappa shape index (κ3) is 4.47. The molecule has 2 rings (SSSR count). The van der Waals surface area contributed by atoms with Gasteiger partial charge >= 0.3 is 0 Å². The molecule has 0 saturated heterocycles. The molecule has 0 atom stereocenters. The second kappa shape index (κ2) is 7.46. The molecule has 0 radical (unpaired) electrons. The van der Waals surface area contributed by atoms with Crippen molar-refractivity contribution in [3.8, 4) is 5.75 Å². The van der Waals surface area contributed by atoms with Crippen LogP contribution in [0.3, 0.4) is 0 Å². The molecule has 0 aliphatic heterocycles. The van der Waals surface area contributed by atoms with Crippen LogP contribution in [-0.4, -0.2) is 12.6 Å². The summed E-state index contributed by atoms with van der Waals surface area (Å²) in [5.41, 5.74) is 1.27. The van der Waals surface area contributed by atoms with Crippen molar-refractivity contribution in [2.75, 3.05) is 6.61 Å². The fraction of sp³-hybridized carbons (Fsp3) is 0.474. The number of hydrogen-bond acceptors (Lipinski definition) is 2. The highest BCUT2D eigenvalue weighted by molar-refractivity contribution is 5.87. The first-order valence-electron chi connectivity index (χ1n) is 7.94. The summed E-state index contributed by atoms with van der Waals surface area (Å²) in [5.74, 6) is 1.69. The van der Waals surface area contributed by atoms with Gasteiger partial charge in [-0.25, -0.2) is 0 Å². The van der Waals surface area contributed by atoms with Crippen molar-refractivity contribution < 1.29 is 4.74 Å². The molecule has 2 aromatic carbocycles. The van der Waals surface area contributed by atoms with Crippen LogP contribution < -0.4 is 10.1 Å². The van der Waals surface area contributed by atoms with Gasteiger partial charge in [-0.15, -0.1) is 0 Å². The highest BCUT2D eigenvalue weighted by Gasteiger charge is 2.09. The Morgan fingerprint density at radius 3 is 2.48 bits per heavy atom. The van der Waals surface area contributed by atoms with E-state index in [1.54, 1.807) is 0 Å². The maximum Gasteiger partial charge on any atom is 0.124 e. The standard InChI is InChI=1S/C19H27NO/c1-14(2)11-12-21-19-10-9-16-7-5-6-8-17(16)18(19)13-20-15(3)4/h5-10,14-15,20H,11-13H2,1-4H3. The third-order valence-electron chi connectivity index (χ3n) is 3.64. The zero-order chi connectivity index (χ0) is 15.2. The average molecular weight is 285 g/mol. The number of nitrogens with one attached hydrogen (secondary N) is 1. The Labute approximate surface area is 128 Å². The van der Waals surface area contributed by atoms with Crippen molar-refractivity contribution in [1.82, 2.24) is 5.32 Å². The Balaban J connectivity index is 2.27. The number of rotatable bonds is 7. The molecule has 2 aromatic rings. The lowest BCUT2D eigenvalue weighted by molar-refractivity contribution is 0.286. The molecule has 0 amide bonds. The van der Waals surface area contributed by atoms with E-state index in [0.717, 1.165) is 25.3 Å². The van der Waals surface area contributed by atoms with Crippen molar-refractivity contribution >= 4 is 10.8 Å². The Morgan fingerprint density at radius 1 is 1.00 bits per heavy atom. The Hall–Kier alpha value is -1.54. The topological polar surface area (TPSA) is 21.3 Å². The quantitative estimate of drug-likeness (QED) is 0.791. The Kier molecular flexibility index (Phi) is 5.63. The molecule has 114 valence electrons. The molecule has 0 aliphatic rings. The number of fused-ring (bicyclic) bond motifs is 1. The zero-order valence-electron chi connectivity index (χ0n) is 13.6. The fourth-order valence-corrected chi connectivity index (χ4v) is 2.34. The van der Waals surface area contributed by atoms with Gasteiger partial charge in [-0.3, -0.25) is 0 Å². The van der Waals surface area contributed by atoms with Gasteiger partial charge in [0.2, 0.25) is 0 Å². The molecular weight excluding hydrogens is 258 g/mol. The van der Waals surface area contributed by atoms with E-state index in [4.69, 9.17) is 4.74 Å². The van der Waals surface area contributed by atoms with Crippen LogP contribution in [0.2, 0.25) is 0 Å². The van der Waals surface area contributed by atoms with E-state index in [2.05, 4.69) is 69.4 Å². The van der Waals surface area contributed by atoms with E-state index >= 15 is 0 Å². The fourth-order valence-electron chi connectivity index (χ4n) is 2.34. The van der Waals surface area contributed by atoms with Gasteiger partial charge in [-0.1, -0.05) is 58.0 Å². The molecule has 0 fully saturated rings. The summed E-state index contributed by atoms with van der Waals surface area (Å²) in [7, 11) is 0. The van der Waals surface area contributed by atoms with Gasteiger partial charge in [-0.05, 0) is 29.2 Å². The van der Waals surface area contributed by atoms with Gasteiger partial charge in [0.15, 0.2) is 0 Å². The van der Waals surface area contributed by atoms with Gasteiger partial charge in [-0.2, -0.15) is 0 Å². The monoisotopic (exact) mass is 285 g/mol. The van der Waals surface area contributed by atoms with E-state index in [-0.39, 0.29) is 0 Å². The van der Waals surface area contributed by atoms with Crippen molar-refractivity contribution in [3.05, 3.63) is 42.0 Å². The molecule has 1 N–H and O–H groups in total. The van der Waals surface area contributed by atoms with E-state index in [1.807, 2.05) is 0 Å². The number of benzene rings is 2. The summed E-state index contributed by atoms with van der Waals surface area (Å²) in [5, 5.41) is 6.07. The molecule has 21 heavy (non-hydrogen) atoms. The van der Waals surface area contributed by atoms with Crippen LogP contribution in [0.4, 0.5) is 0 Å². The van der Waals surface area contributed by atoms with E-state index in [0.29, 0.717) is 12.0 Å². The minimum atomic E-state index is 0.465. The summed E-state index contributed by atoms with van der Waals surface area (Å²) in [6.07, 6.45) is 1.09. The molecule has 0 aliphatic carbocycles. The lowest BCUT2D eigenvalue weighted by Gasteiger charge is -2.17. The number of ether oxygens (including phenoxy) is 1. The second-order valence-corrected chi connectivity index (χ2v) is 6.33. The summed E-state index contributed by atoms with van der Waals surface area (Å²) >= 11 is 0. The maximum absolute atomic E-state index is 6.05. The average Bonchev–Trinajstić information content (AvgIpc) is 2.45. The lowest BCUT2D eigenvalue weighted by Crippen LogP contribution is -2.22. The minimum Gasteiger partial charge on any atom is -0.493 e. The van der Waals surface area contributed by atoms with Crippen LogP contribution >= 0.6 is 0 Å². The summed E-state index contributed by atoms with van der Waals surface area (Å²) in [4.78, 5) is 0. The van der Waals surface area contributed by atoms with Gasteiger partial charge in [0.05, 0.1) is 6.61 Å².